The van der Waals surface area contributed by atoms with Gasteiger partial charge in [-0.05, 0) is 38.6 Å². The number of nitrogens with one attached hydrogen (secondary N) is 4. The molecule has 14 heteroatoms. The summed E-state index contributed by atoms with van der Waals surface area (Å²) in [4.78, 5) is 66.6. The quantitative estimate of drug-likeness (QED) is 0.136. The van der Waals surface area contributed by atoms with Crippen LogP contribution in [0.15, 0.2) is 25.0 Å². The molecule has 1 aliphatic rings. The largest absolute Gasteiger partial charge is 0.368 e. The van der Waals surface area contributed by atoms with Crippen LogP contribution in [0.4, 0.5) is 0 Å². The summed E-state index contributed by atoms with van der Waals surface area (Å²) >= 11 is 0. The van der Waals surface area contributed by atoms with Crippen LogP contribution in [0.2, 0.25) is 0 Å². The van der Waals surface area contributed by atoms with Crippen molar-refractivity contribution in [3.8, 4) is 0 Å². The molecule has 0 bridgehead atoms. The van der Waals surface area contributed by atoms with E-state index in [0.29, 0.717) is 56.6 Å². The highest BCUT2D eigenvalue weighted by Crippen LogP contribution is 2.19. The highest BCUT2D eigenvalue weighted by atomic mass is 16.2. The number of unbranched alkanes of at least 4 members (excludes halogenated alkanes) is 1. The summed E-state index contributed by atoms with van der Waals surface area (Å²) in [5.41, 5.74) is 18.4. The first-order chi connectivity index (χ1) is 17.8. The Kier molecular flexibility index (Phi) is 10.1. The number of aromatic nitrogens is 4. The van der Waals surface area contributed by atoms with Crippen molar-refractivity contribution in [3.63, 3.8) is 0 Å². The highest BCUT2D eigenvalue weighted by Gasteiger charge is 2.38. The maximum absolute atomic E-state index is 13.3. The van der Waals surface area contributed by atoms with Gasteiger partial charge in [0.2, 0.25) is 23.6 Å². The maximum atomic E-state index is 13.3. The molecular formula is C23H36N10O4. The maximum Gasteiger partial charge on any atom is 0.243 e. The Morgan fingerprint density at radius 1 is 1.03 bits per heavy atom. The standard InChI is InChI=1S/C23H36N10O4/c24-6-2-1-4-17(20(26)34)31-21(35)18(9-15-11-28-13-30-15)32-22(36)19-5-3-7-33(19)23(37)16(25)8-14-10-27-12-29-14/h10-13,16-19H,1-9,24-25H2,(H2,26,34)(H,27,29)(H,28,30)(H,31,35)(H,32,36)/t16-,17-,18-,19-/m0/s1. The number of amides is 4. The number of carbonyl (C=O) groups is 4. The summed E-state index contributed by atoms with van der Waals surface area (Å²) in [5, 5.41) is 5.40. The number of rotatable bonds is 14. The number of aromatic amines is 2. The normalized spacial score (nSPS) is 17.7. The van der Waals surface area contributed by atoms with Gasteiger partial charge in [0.1, 0.15) is 18.1 Å². The number of H-pyrrole nitrogens is 2. The van der Waals surface area contributed by atoms with E-state index in [-0.39, 0.29) is 18.7 Å². The zero-order chi connectivity index (χ0) is 26.8. The summed E-state index contributed by atoms with van der Waals surface area (Å²) in [6.45, 7) is 0.843. The third kappa shape index (κ3) is 7.85. The van der Waals surface area contributed by atoms with E-state index >= 15 is 0 Å². The summed E-state index contributed by atoms with van der Waals surface area (Å²) < 4.78 is 0. The van der Waals surface area contributed by atoms with E-state index in [0.717, 1.165) is 0 Å². The Morgan fingerprint density at radius 2 is 1.70 bits per heavy atom. The van der Waals surface area contributed by atoms with E-state index in [1.54, 1.807) is 12.4 Å². The number of nitrogens with zero attached hydrogens (tertiary/aromatic N) is 3. The van der Waals surface area contributed by atoms with Crippen LogP contribution in [-0.4, -0.2) is 85.7 Å². The van der Waals surface area contributed by atoms with E-state index < -0.39 is 41.9 Å². The molecule has 14 nitrogen and oxygen atoms in total. The van der Waals surface area contributed by atoms with E-state index in [1.165, 1.54) is 17.6 Å². The molecule has 2 aromatic heterocycles. The number of carbonyl (C=O) groups excluding carboxylic acids is 4. The van der Waals surface area contributed by atoms with Gasteiger partial charge in [-0.25, -0.2) is 9.97 Å². The van der Waals surface area contributed by atoms with Crippen molar-refractivity contribution in [3.05, 3.63) is 36.4 Å². The molecule has 0 aromatic carbocycles. The van der Waals surface area contributed by atoms with Gasteiger partial charge in [-0.2, -0.15) is 0 Å². The summed E-state index contributed by atoms with van der Waals surface area (Å²) in [6.07, 6.45) is 9.16. The molecule has 0 spiro atoms. The Morgan fingerprint density at radius 3 is 2.30 bits per heavy atom. The topological polar surface area (TPSA) is 231 Å². The molecule has 37 heavy (non-hydrogen) atoms. The van der Waals surface area contributed by atoms with Gasteiger partial charge < -0.3 is 42.7 Å². The lowest BCUT2D eigenvalue weighted by atomic mass is 10.1. The predicted molar refractivity (Wildman–Crippen MR) is 133 cm³/mol. The summed E-state index contributed by atoms with van der Waals surface area (Å²) in [7, 11) is 0. The number of primary amides is 1. The van der Waals surface area contributed by atoms with Crippen molar-refractivity contribution in [2.45, 2.75) is 69.1 Å². The molecule has 0 radical (unpaired) electrons. The van der Waals surface area contributed by atoms with Crippen LogP contribution in [0.3, 0.4) is 0 Å². The lowest BCUT2D eigenvalue weighted by Gasteiger charge is -2.28. The first-order valence-corrected chi connectivity index (χ1v) is 12.4. The van der Waals surface area contributed by atoms with Crippen LogP contribution in [0.25, 0.3) is 0 Å². The molecule has 0 saturated carbocycles. The second-order valence-corrected chi connectivity index (χ2v) is 9.17. The van der Waals surface area contributed by atoms with E-state index in [4.69, 9.17) is 17.2 Å². The first kappa shape index (κ1) is 27.8. The number of nitrogens with two attached hydrogens (primary N) is 3. The van der Waals surface area contributed by atoms with Gasteiger partial charge in [0.25, 0.3) is 0 Å². The third-order valence-electron chi connectivity index (χ3n) is 6.37. The lowest BCUT2D eigenvalue weighted by molar-refractivity contribution is -0.140. The van der Waals surface area contributed by atoms with Crippen LogP contribution in [-0.2, 0) is 32.0 Å². The Labute approximate surface area is 214 Å². The molecule has 4 atom stereocenters. The van der Waals surface area contributed by atoms with Crippen molar-refractivity contribution in [2.75, 3.05) is 13.1 Å². The molecule has 3 heterocycles. The molecule has 1 aliphatic heterocycles. The molecule has 3 rings (SSSR count). The number of hydrogen-bond donors (Lipinski definition) is 7. The second-order valence-electron chi connectivity index (χ2n) is 9.17. The van der Waals surface area contributed by atoms with Gasteiger partial charge in [-0.15, -0.1) is 0 Å². The van der Waals surface area contributed by atoms with Crippen molar-refractivity contribution < 1.29 is 19.2 Å². The third-order valence-corrected chi connectivity index (χ3v) is 6.37. The average Bonchev–Trinajstić information content (AvgIpc) is 3.65. The zero-order valence-corrected chi connectivity index (χ0v) is 20.7. The van der Waals surface area contributed by atoms with E-state index in [2.05, 4.69) is 30.6 Å². The van der Waals surface area contributed by atoms with Crippen molar-refractivity contribution in [1.82, 2.24) is 35.5 Å². The molecule has 10 N–H and O–H groups in total. The predicted octanol–water partition coefficient (Wildman–Crippen LogP) is -2.18. The molecule has 0 aliphatic carbocycles. The SMILES string of the molecule is NCCCC[C@H](NC(=O)[C@H](Cc1cnc[nH]1)NC(=O)[C@@H]1CCCN1C(=O)[C@@H](N)Cc1cnc[nH]1)C(N)=O. The van der Waals surface area contributed by atoms with Crippen LogP contribution < -0.4 is 27.8 Å². The molecule has 202 valence electrons. The van der Waals surface area contributed by atoms with Crippen LogP contribution in [0, 0.1) is 0 Å². The van der Waals surface area contributed by atoms with Crippen LogP contribution >= 0.6 is 0 Å². The Balaban J connectivity index is 1.68. The molecular weight excluding hydrogens is 480 g/mol. The molecule has 4 amide bonds. The minimum Gasteiger partial charge on any atom is -0.368 e. The Bertz CT molecular complexity index is 1030. The van der Waals surface area contributed by atoms with E-state index in [9.17, 15) is 19.2 Å². The number of imidazole rings is 2. The molecule has 0 unspecified atom stereocenters. The minimum absolute atomic E-state index is 0.103. The smallest absolute Gasteiger partial charge is 0.243 e. The monoisotopic (exact) mass is 516 g/mol. The first-order valence-electron chi connectivity index (χ1n) is 12.4. The minimum atomic E-state index is -1.03. The van der Waals surface area contributed by atoms with Gasteiger partial charge in [0.05, 0.1) is 18.7 Å². The van der Waals surface area contributed by atoms with Gasteiger partial charge in [0.15, 0.2) is 0 Å². The Hall–Kier alpha value is -3.78. The zero-order valence-electron chi connectivity index (χ0n) is 20.7. The van der Waals surface area contributed by atoms with Crippen molar-refractivity contribution in [2.24, 2.45) is 17.2 Å². The van der Waals surface area contributed by atoms with Crippen molar-refractivity contribution in [1.29, 1.82) is 0 Å². The second kappa shape index (κ2) is 13.5. The number of hydrogen-bond acceptors (Lipinski definition) is 8. The molecule has 1 saturated heterocycles. The molecule has 2 aromatic rings. The molecule has 1 fully saturated rings. The lowest BCUT2D eigenvalue weighted by Crippen LogP contribution is -2.57. The fourth-order valence-corrected chi connectivity index (χ4v) is 4.38. The van der Waals surface area contributed by atoms with Gasteiger partial charge in [-0.1, -0.05) is 0 Å². The van der Waals surface area contributed by atoms with Crippen molar-refractivity contribution >= 4 is 23.6 Å². The summed E-state index contributed by atoms with van der Waals surface area (Å²) in [6, 6.07) is -3.54. The van der Waals surface area contributed by atoms with Gasteiger partial charge in [-0.3, -0.25) is 19.2 Å². The van der Waals surface area contributed by atoms with Gasteiger partial charge >= 0.3 is 0 Å². The summed E-state index contributed by atoms with van der Waals surface area (Å²) in [5.74, 6) is -2.06. The van der Waals surface area contributed by atoms with Gasteiger partial charge in [0, 0.05) is 43.2 Å². The number of likely N-dealkylation sites (tertiary alicyclic amines) is 1. The fraction of sp³-hybridized carbons (Fsp3) is 0.565. The highest BCUT2D eigenvalue weighted by molar-refractivity contribution is 5.95. The van der Waals surface area contributed by atoms with E-state index in [1.807, 2.05) is 0 Å². The van der Waals surface area contributed by atoms with Crippen LogP contribution in [0.1, 0.15) is 43.5 Å². The fourth-order valence-electron chi connectivity index (χ4n) is 4.38. The average molecular weight is 517 g/mol. The van der Waals surface area contributed by atoms with Crippen LogP contribution in [0.5, 0.6) is 0 Å².